The zero-order chi connectivity index (χ0) is 17.5. The number of rotatable bonds is 7. The number of carbonyl (C=O) groups excluding carboxylic acids is 1. The summed E-state index contributed by atoms with van der Waals surface area (Å²) in [5, 5.41) is 6.44. The van der Waals surface area contributed by atoms with E-state index in [-0.39, 0.29) is 5.91 Å². The van der Waals surface area contributed by atoms with Crippen molar-refractivity contribution in [2.24, 2.45) is 5.92 Å². The average molecular weight is 326 g/mol. The number of ether oxygens (including phenoxy) is 1. The minimum Gasteiger partial charge on any atom is -0.497 e. The maximum absolute atomic E-state index is 12.3. The van der Waals surface area contributed by atoms with Crippen molar-refractivity contribution < 1.29 is 9.53 Å². The van der Waals surface area contributed by atoms with Gasteiger partial charge in [0.15, 0.2) is 0 Å². The van der Waals surface area contributed by atoms with E-state index in [2.05, 4.69) is 37.5 Å². The number of benzene rings is 2. The van der Waals surface area contributed by atoms with Gasteiger partial charge in [0.1, 0.15) is 5.75 Å². The van der Waals surface area contributed by atoms with Crippen LogP contribution in [-0.4, -0.2) is 19.1 Å². The molecule has 0 bridgehead atoms. The van der Waals surface area contributed by atoms with Crippen LogP contribution in [0.25, 0.3) is 0 Å². The Morgan fingerprint density at radius 1 is 1.08 bits per heavy atom. The van der Waals surface area contributed by atoms with Gasteiger partial charge in [0, 0.05) is 23.8 Å². The van der Waals surface area contributed by atoms with Crippen molar-refractivity contribution in [1.29, 1.82) is 0 Å². The van der Waals surface area contributed by atoms with Crippen LogP contribution in [0.3, 0.4) is 0 Å². The van der Waals surface area contributed by atoms with Gasteiger partial charge in [-0.3, -0.25) is 4.79 Å². The molecule has 4 nitrogen and oxygen atoms in total. The van der Waals surface area contributed by atoms with E-state index in [1.165, 1.54) is 0 Å². The van der Waals surface area contributed by atoms with Crippen molar-refractivity contribution >= 4 is 11.6 Å². The lowest BCUT2D eigenvalue weighted by molar-refractivity contribution is 0.102. The van der Waals surface area contributed by atoms with Gasteiger partial charge in [0.25, 0.3) is 5.91 Å². The van der Waals surface area contributed by atoms with Gasteiger partial charge in [-0.1, -0.05) is 26.0 Å². The molecule has 0 heterocycles. The molecule has 2 N–H and O–H groups in total. The molecule has 2 aromatic carbocycles. The molecular formula is C20H26N2O2. The standard InChI is InChI=1S/C20H26N2O2/c1-14(2)15(3)21-13-16-6-5-7-18(12-16)22-20(23)17-8-10-19(24-4)11-9-17/h5-12,14-15,21H,13H2,1-4H3,(H,22,23). The Bertz CT molecular complexity index is 666. The van der Waals surface area contributed by atoms with E-state index in [0.717, 1.165) is 23.5 Å². The lowest BCUT2D eigenvalue weighted by Crippen LogP contribution is -2.30. The Morgan fingerprint density at radius 3 is 2.42 bits per heavy atom. The van der Waals surface area contributed by atoms with Crippen LogP contribution in [0.4, 0.5) is 5.69 Å². The number of hydrogen-bond acceptors (Lipinski definition) is 3. The van der Waals surface area contributed by atoms with Crippen molar-refractivity contribution in [3.63, 3.8) is 0 Å². The normalized spacial score (nSPS) is 12.0. The molecule has 0 radical (unpaired) electrons. The fourth-order valence-electron chi connectivity index (χ4n) is 2.22. The highest BCUT2D eigenvalue weighted by atomic mass is 16.5. The summed E-state index contributed by atoms with van der Waals surface area (Å²) < 4.78 is 5.11. The molecule has 2 rings (SSSR count). The first-order valence-electron chi connectivity index (χ1n) is 8.27. The zero-order valence-corrected chi connectivity index (χ0v) is 14.8. The summed E-state index contributed by atoms with van der Waals surface area (Å²) in [5.41, 5.74) is 2.55. The van der Waals surface area contributed by atoms with Crippen molar-refractivity contribution in [1.82, 2.24) is 5.32 Å². The summed E-state index contributed by atoms with van der Waals surface area (Å²) in [4.78, 5) is 12.3. The van der Waals surface area contributed by atoms with Gasteiger partial charge < -0.3 is 15.4 Å². The Labute approximate surface area is 144 Å². The maximum atomic E-state index is 12.3. The van der Waals surface area contributed by atoms with E-state index in [0.29, 0.717) is 17.5 Å². The van der Waals surface area contributed by atoms with Crippen LogP contribution in [0, 0.1) is 5.92 Å². The summed E-state index contributed by atoms with van der Waals surface area (Å²) in [5.74, 6) is 1.19. The summed E-state index contributed by atoms with van der Waals surface area (Å²) >= 11 is 0. The highest BCUT2D eigenvalue weighted by molar-refractivity contribution is 6.04. The van der Waals surface area contributed by atoms with Gasteiger partial charge in [-0.2, -0.15) is 0 Å². The summed E-state index contributed by atoms with van der Waals surface area (Å²) in [6, 6.07) is 15.4. The van der Waals surface area contributed by atoms with Crippen LogP contribution in [-0.2, 0) is 6.54 Å². The van der Waals surface area contributed by atoms with Gasteiger partial charge >= 0.3 is 0 Å². The van der Waals surface area contributed by atoms with Gasteiger partial charge in [0.2, 0.25) is 0 Å². The van der Waals surface area contributed by atoms with E-state index in [1.54, 1.807) is 31.4 Å². The van der Waals surface area contributed by atoms with Crippen LogP contribution in [0.1, 0.15) is 36.7 Å². The number of nitrogens with one attached hydrogen (secondary N) is 2. The highest BCUT2D eigenvalue weighted by Gasteiger charge is 2.08. The van der Waals surface area contributed by atoms with E-state index in [1.807, 2.05) is 18.2 Å². The lowest BCUT2D eigenvalue weighted by Gasteiger charge is -2.17. The molecular weight excluding hydrogens is 300 g/mol. The van der Waals surface area contributed by atoms with Crippen molar-refractivity contribution in [3.05, 3.63) is 59.7 Å². The quantitative estimate of drug-likeness (QED) is 0.806. The molecule has 1 atom stereocenters. The molecule has 0 aliphatic heterocycles. The van der Waals surface area contributed by atoms with Gasteiger partial charge in [-0.25, -0.2) is 0 Å². The minimum absolute atomic E-state index is 0.127. The first-order chi connectivity index (χ1) is 11.5. The third-order valence-corrected chi connectivity index (χ3v) is 4.17. The predicted octanol–water partition coefficient (Wildman–Crippen LogP) is 4.08. The summed E-state index contributed by atoms with van der Waals surface area (Å²) in [7, 11) is 1.61. The van der Waals surface area contributed by atoms with Crippen LogP contribution in [0.15, 0.2) is 48.5 Å². The molecule has 2 aromatic rings. The first-order valence-corrected chi connectivity index (χ1v) is 8.27. The maximum Gasteiger partial charge on any atom is 0.255 e. The van der Waals surface area contributed by atoms with E-state index < -0.39 is 0 Å². The third-order valence-electron chi connectivity index (χ3n) is 4.17. The molecule has 128 valence electrons. The second kappa shape index (κ2) is 8.50. The molecule has 4 heteroatoms. The number of methoxy groups -OCH3 is 1. The average Bonchev–Trinajstić information content (AvgIpc) is 2.60. The molecule has 0 fully saturated rings. The van der Waals surface area contributed by atoms with Gasteiger partial charge in [-0.15, -0.1) is 0 Å². The minimum atomic E-state index is -0.127. The predicted molar refractivity (Wildman–Crippen MR) is 98.5 cm³/mol. The Balaban J connectivity index is 1.99. The Morgan fingerprint density at radius 2 is 1.79 bits per heavy atom. The van der Waals surface area contributed by atoms with Crippen molar-refractivity contribution in [2.45, 2.75) is 33.4 Å². The zero-order valence-electron chi connectivity index (χ0n) is 14.8. The second-order valence-electron chi connectivity index (χ2n) is 6.30. The topological polar surface area (TPSA) is 50.4 Å². The van der Waals surface area contributed by atoms with Gasteiger partial charge in [0.05, 0.1) is 7.11 Å². The van der Waals surface area contributed by atoms with Gasteiger partial charge in [-0.05, 0) is 54.8 Å². The fourth-order valence-corrected chi connectivity index (χ4v) is 2.22. The Kier molecular flexibility index (Phi) is 6.38. The molecule has 24 heavy (non-hydrogen) atoms. The Hall–Kier alpha value is -2.33. The monoisotopic (exact) mass is 326 g/mol. The third kappa shape index (κ3) is 5.10. The second-order valence-corrected chi connectivity index (χ2v) is 6.30. The molecule has 0 spiro atoms. The fraction of sp³-hybridized carbons (Fsp3) is 0.350. The molecule has 0 aliphatic rings. The number of amides is 1. The highest BCUT2D eigenvalue weighted by Crippen LogP contribution is 2.15. The number of carbonyl (C=O) groups is 1. The lowest BCUT2D eigenvalue weighted by atomic mass is 10.1. The summed E-state index contributed by atoms with van der Waals surface area (Å²) in [6.07, 6.45) is 0. The van der Waals surface area contributed by atoms with Crippen LogP contribution >= 0.6 is 0 Å². The summed E-state index contributed by atoms with van der Waals surface area (Å²) in [6.45, 7) is 7.36. The van der Waals surface area contributed by atoms with Crippen molar-refractivity contribution in [2.75, 3.05) is 12.4 Å². The van der Waals surface area contributed by atoms with Crippen LogP contribution in [0.5, 0.6) is 5.75 Å². The smallest absolute Gasteiger partial charge is 0.255 e. The molecule has 0 aliphatic carbocycles. The van der Waals surface area contributed by atoms with Crippen molar-refractivity contribution in [3.8, 4) is 5.75 Å². The van der Waals surface area contributed by atoms with Crippen LogP contribution in [0.2, 0.25) is 0 Å². The molecule has 0 saturated heterocycles. The number of hydrogen-bond donors (Lipinski definition) is 2. The largest absolute Gasteiger partial charge is 0.497 e. The molecule has 0 aromatic heterocycles. The molecule has 1 unspecified atom stereocenters. The number of anilines is 1. The van der Waals surface area contributed by atoms with E-state index in [9.17, 15) is 4.79 Å². The first kappa shape index (κ1) is 18.0. The molecule has 0 saturated carbocycles. The van der Waals surface area contributed by atoms with Crippen LogP contribution < -0.4 is 15.4 Å². The molecule has 1 amide bonds. The SMILES string of the molecule is COc1ccc(C(=O)Nc2cccc(CNC(C)C(C)C)c2)cc1. The van der Waals surface area contributed by atoms with E-state index >= 15 is 0 Å². The van der Waals surface area contributed by atoms with E-state index in [4.69, 9.17) is 4.74 Å².